The van der Waals surface area contributed by atoms with Gasteiger partial charge in [-0.25, -0.2) is 9.97 Å². The van der Waals surface area contributed by atoms with Gasteiger partial charge in [0, 0.05) is 9.90 Å². The van der Waals surface area contributed by atoms with E-state index >= 15 is 0 Å². The van der Waals surface area contributed by atoms with Gasteiger partial charge in [0.15, 0.2) is 5.75 Å². The van der Waals surface area contributed by atoms with Crippen molar-refractivity contribution in [3.8, 4) is 11.5 Å². The van der Waals surface area contributed by atoms with Crippen LogP contribution in [0.2, 0.25) is 5.02 Å². The largest absolute Gasteiger partial charge is 0.455 e. The number of fused-ring (bicyclic) bond motifs is 3. The van der Waals surface area contributed by atoms with E-state index in [1.165, 1.54) is 23.3 Å². The van der Waals surface area contributed by atoms with Crippen LogP contribution in [0.1, 0.15) is 23.3 Å². The van der Waals surface area contributed by atoms with Crippen LogP contribution in [0.5, 0.6) is 11.5 Å². The van der Waals surface area contributed by atoms with Crippen LogP contribution in [-0.4, -0.2) is 9.97 Å². The molecular formula is C22H18ClN3OS. The number of benzene rings is 2. The molecular weight excluding hydrogens is 390 g/mol. The van der Waals surface area contributed by atoms with E-state index in [2.05, 4.69) is 15.3 Å². The van der Waals surface area contributed by atoms with E-state index in [4.69, 9.17) is 16.3 Å². The number of thiophene rings is 1. The molecule has 4 aromatic rings. The number of para-hydroxylation sites is 1. The van der Waals surface area contributed by atoms with Gasteiger partial charge in [0.2, 0.25) is 0 Å². The van der Waals surface area contributed by atoms with Crippen LogP contribution >= 0.6 is 22.9 Å². The first-order valence-electron chi connectivity index (χ1n) is 9.32. The van der Waals surface area contributed by atoms with Crippen LogP contribution in [0.3, 0.4) is 0 Å². The number of anilines is 2. The zero-order valence-corrected chi connectivity index (χ0v) is 16.7. The lowest BCUT2D eigenvalue weighted by molar-refractivity contribution is 0.485. The van der Waals surface area contributed by atoms with Crippen molar-refractivity contribution in [3.05, 3.63) is 70.3 Å². The lowest BCUT2D eigenvalue weighted by Gasteiger charge is -2.15. The van der Waals surface area contributed by atoms with Gasteiger partial charge >= 0.3 is 0 Å². The molecule has 0 aliphatic heterocycles. The summed E-state index contributed by atoms with van der Waals surface area (Å²) in [5.41, 5.74) is 2.18. The van der Waals surface area contributed by atoms with Gasteiger partial charge in [0.25, 0.3) is 0 Å². The Morgan fingerprint density at radius 3 is 2.75 bits per heavy atom. The molecule has 6 heteroatoms. The molecule has 1 aliphatic rings. The summed E-state index contributed by atoms with van der Waals surface area (Å²) in [7, 11) is 0. The van der Waals surface area contributed by atoms with Crippen molar-refractivity contribution in [3.63, 3.8) is 0 Å². The molecule has 28 heavy (non-hydrogen) atoms. The topological polar surface area (TPSA) is 47.0 Å². The first kappa shape index (κ1) is 17.5. The number of hydrogen-bond donors (Lipinski definition) is 1. The summed E-state index contributed by atoms with van der Waals surface area (Å²) in [4.78, 5) is 11.5. The summed E-state index contributed by atoms with van der Waals surface area (Å²) in [5, 5.41) is 5.23. The molecule has 0 amide bonds. The van der Waals surface area contributed by atoms with Gasteiger partial charge < -0.3 is 10.1 Å². The Labute approximate surface area is 172 Å². The number of nitrogens with zero attached hydrogens (tertiary/aromatic N) is 2. The van der Waals surface area contributed by atoms with Crippen LogP contribution in [0, 0.1) is 0 Å². The number of ether oxygens (including phenoxy) is 1. The lowest BCUT2D eigenvalue weighted by Crippen LogP contribution is -2.01. The van der Waals surface area contributed by atoms with Gasteiger partial charge in [-0.05, 0) is 61.6 Å². The minimum absolute atomic E-state index is 0.639. The van der Waals surface area contributed by atoms with Gasteiger partial charge in [0.1, 0.15) is 22.7 Å². The third-order valence-electron chi connectivity index (χ3n) is 4.92. The molecule has 140 valence electrons. The summed E-state index contributed by atoms with van der Waals surface area (Å²) in [6.07, 6.45) is 6.30. The molecule has 0 bridgehead atoms. The summed E-state index contributed by atoms with van der Waals surface area (Å²) < 4.78 is 6.08. The Bertz CT molecular complexity index is 1140. The quantitative estimate of drug-likeness (QED) is 0.406. The van der Waals surface area contributed by atoms with E-state index in [1.54, 1.807) is 17.7 Å². The van der Waals surface area contributed by atoms with Crippen molar-refractivity contribution in [1.82, 2.24) is 9.97 Å². The molecule has 0 spiro atoms. The molecule has 0 saturated carbocycles. The van der Waals surface area contributed by atoms with E-state index < -0.39 is 0 Å². The molecule has 5 rings (SSSR count). The van der Waals surface area contributed by atoms with Gasteiger partial charge in [0.05, 0.1) is 11.1 Å². The maximum absolute atomic E-state index is 6.27. The van der Waals surface area contributed by atoms with Crippen LogP contribution in [0.15, 0.2) is 54.9 Å². The van der Waals surface area contributed by atoms with E-state index in [1.807, 2.05) is 48.5 Å². The Hall–Kier alpha value is -2.63. The molecule has 1 aliphatic carbocycles. The minimum atomic E-state index is 0.639. The summed E-state index contributed by atoms with van der Waals surface area (Å²) in [5.74, 6) is 2.28. The fourth-order valence-corrected chi connectivity index (χ4v) is 5.02. The van der Waals surface area contributed by atoms with Gasteiger partial charge in [-0.15, -0.1) is 11.3 Å². The summed E-state index contributed by atoms with van der Waals surface area (Å²) >= 11 is 8.06. The Morgan fingerprint density at radius 1 is 1.00 bits per heavy atom. The number of nitrogens with one attached hydrogen (secondary N) is 1. The van der Waals surface area contributed by atoms with Gasteiger partial charge in [-0.2, -0.15) is 0 Å². The molecule has 2 heterocycles. The standard InChI is InChI=1S/C22H18ClN3OS/c23-14-10-11-18(27-15-6-2-1-3-7-15)17(12-14)26-21-20-16-8-4-5-9-19(16)28-22(20)25-13-24-21/h1-3,6-7,10-13H,4-5,8-9H2,(H,24,25,26). The zero-order chi connectivity index (χ0) is 18.9. The predicted octanol–water partition coefficient (Wildman–Crippen LogP) is 6.76. The highest BCUT2D eigenvalue weighted by atomic mass is 35.5. The monoisotopic (exact) mass is 407 g/mol. The molecule has 0 radical (unpaired) electrons. The van der Waals surface area contributed by atoms with Crippen molar-refractivity contribution >= 4 is 44.7 Å². The predicted molar refractivity (Wildman–Crippen MR) is 115 cm³/mol. The van der Waals surface area contributed by atoms with Crippen LogP contribution < -0.4 is 10.1 Å². The maximum atomic E-state index is 6.27. The molecule has 2 aromatic carbocycles. The fraction of sp³-hybridized carbons (Fsp3) is 0.182. The second-order valence-corrected chi connectivity index (χ2v) is 8.31. The molecule has 0 fully saturated rings. The van der Waals surface area contributed by atoms with Crippen molar-refractivity contribution < 1.29 is 4.74 Å². The first-order valence-corrected chi connectivity index (χ1v) is 10.5. The SMILES string of the molecule is Clc1ccc(Oc2ccccc2)c(Nc2ncnc3sc4c(c23)CCCC4)c1. The first-order chi connectivity index (χ1) is 13.8. The van der Waals surface area contributed by atoms with Gasteiger partial charge in [-0.1, -0.05) is 29.8 Å². The number of aromatic nitrogens is 2. The van der Waals surface area contributed by atoms with Crippen LogP contribution in [0.4, 0.5) is 11.5 Å². The number of halogens is 1. The number of rotatable bonds is 4. The van der Waals surface area contributed by atoms with Crippen molar-refractivity contribution in [2.45, 2.75) is 25.7 Å². The zero-order valence-electron chi connectivity index (χ0n) is 15.1. The normalized spacial score (nSPS) is 13.3. The Balaban J connectivity index is 1.56. The molecule has 0 atom stereocenters. The average Bonchev–Trinajstić information content (AvgIpc) is 3.10. The third-order valence-corrected chi connectivity index (χ3v) is 6.35. The third kappa shape index (κ3) is 3.32. The smallest absolute Gasteiger partial charge is 0.151 e. The molecule has 1 N–H and O–H groups in total. The molecule has 4 nitrogen and oxygen atoms in total. The highest BCUT2D eigenvalue weighted by Crippen LogP contribution is 2.40. The average molecular weight is 408 g/mol. The van der Waals surface area contributed by atoms with Crippen molar-refractivity contribution in [2.24, 2.45) is 0 Å². The number of hydrogen-bond acceptors (Lipinski definition) is 5. The highest BCUT2D eigenvalue weighted by Gasteiger charge is 2.20. The summed E-state index contributed by atoms with van der Waals surface area (Å²) in [6.45, 7) is 0. The molecule has 0 unspecified atom stereocenters. The molecule has 0 saturated heterocycles. The minimum Gasteiger partial charge on any atom is -0.455 e. The molecule has 2 aromatic heterocycles. The second-order valence-electron chi connectivity index (χ2n) is 6.79. The van der Waals surface area contributed by atoms with Crippen molar-refractivity contribution in [1.29, 1.82) is 0 Å². The Kier molecular flexibility index (Phi) is 4.63. The number of aryl methyl sites for hydroxylation is 2. The van der Waals surface area contributed by atoms with Crippen LogP contribution in [-0.2, 0) is 12.8 Å². The Morgan fingerprint density at radius 2 is 1.86 bits per heavy atom. The van der Waals surface area contributed by atoms with E-state index in [0.717, 1.165) is 40.3 Å². The van der Waals surface area contributed by atoms with Crippen LogP contribution in [0.25, 0.3) is 10.2 Å². The van der Waals surface area contributed by atoms with Crippen molar-refractivity contribution in [2.75, 3.05) is 5.32 Å². The van der Waals surface area contributed by atoms with Gasteiger partial charge in [-0.3, -0.25) is 0 Å². The highest BCUT2D eigenvalue weighted by molar-refractivity contribution is 7.19. The maximum Gasteiger partial charge on any atom is 0.151 e. The fourth-order valence-electron chi connectivity index (χ4n) is 3.62. The van der Waals surface area contributed by atoms with E-state index in [0.29, 0.717) is 10.8 Å². The lowest BCUT2D eigenvalue weighted by atomic mass is 9.97. The second kappa shape index (κ2) is 7.41. The summed E-state index contributed by atoms with van der Waals surface area (Å²) in [6, 6.07) is 15.3. The van der Waals surface area contributed by atoms with E-state index in [9.17, 15) is 0 Å². The van der Waals surface area contributed by atoms with E-state index in [-0.39, 0.29) is 0 Å².